The Bertz CT molecular complexity index is 306. The molecular formula is C15H25NO2. The molecule has 0 aromatic rings. The fourth-order valence-electron chi connectivity index (χ4n) is 2.81. The van der Waals surface area contributed by atoms with E-state index in [1.165, 1.54) is 19.3 Å². The van der Waals surface area contributed by atoms with Gasteiger partial charge in [0.25, 0.3) is 0 Å². The van der Waals surface area contributed by atoms with E-state index in [-0.39, 0.29) is 12.1 Å². The molecule has 1 aliphatic heterocycles. The molecule has 0 bridgehead atoms. The zero-order valence-corrected chi connectivity index (χ0v) is 11.1. The van der Waals surface area contributed by atoms with Crippen LogP contribution in [0.15, 0.2) is 24.0 Å². The molecule has 0 aromatic carbocycles. The highest BCUT2D eigenvalue weighted by molar-refractivity contribution is 5.10. The molecule has 0 saturated carbocycles. The van der Waals surface area contributed by atoms with Gasteiger partial charge in [0, 0.05) is 19.0 Å². The van der Waals surface area contributed by atoms with Crippen LogP contribution in [-0.4, -0.2) is 34.4 Å². The molecule has 0 radical (unpaired) electrons. The summed E-state index contributed by atoms with van der Waals surface area (Å²) in [4.78, 5) is 2.17. The smallest absolute Gasteiger partial charge is 0.107 e. The SMILES string of the molecule is OC1=CCCC=CC1CCC(O)N1CCCCC1. The Labute approximate surface area is 110 Å². The molecule has 18 heavy (non-hydrogen) atoms. The van der Waals surface area contributed by atoms with E-state index in [0.29, 0.717) is 5.76 Å². The molecule has 2 N–H and O–H groups in total. The van der Waals surface area contributed by atoms with Crippen molar-refractivity contribution < 1.29 is 10.2 Å². The van der Waals surface area contributed by atoms with Crippen molar-refractivity contribution in [3.05, 3.63) is 24.0 Å². The molecule has 1 fully saturated rings. The van der Waals surface area contributed by atoms with Crippen LogP contribution in [0.1, 0.15) is 44.9 Å². The number of piperidine rings is 1. The Morgan fingerprint density at radius 3 is 2.78 bits per heavy atom. The fourth-order valence-corrected chi connectivity index (χ4v) is 2.81. The summed E-state index contributed by atoms with van der Waals surface area (Å²) in [5.74, 6) is 0.585. The van der Waals surface area contributed by atoms with E-state index in [0.717, 1.165) is 38.8 Å². The summed E-state index contributed by atoms with van der Waals surface area (Å²) in [6, 6.07) is 0. The van der Waals surface area contributed by atoms with Crippen LogP contribution < -0.4 is 0 Å². The molecule has 0 spiro atoms. The second-order valence-corrected chi connectivity index (χ2v) is 5.40. The Kier molecular flexibility index (Phi) is 5.26. The van der Waals surface area contributed by atoms with Crippen molar-refractivity contribution in [2.75, 3.05) is 13.1 Å². The van der Waals surface area contributed by atoms with E-state index in [2.05, 4.69) is 17.1 Å². The van der Waals surface area contributed by atoms with Crippen molar-refractivity contribution in [2.24, 2.45) is 5.92 Å². The normalized spacial score (nSPS) is 27.6. The predicted octanol–water partition coefficient (Wildman–Crippen LogP) is 2.98. The number of hydrogen-bond donors (Lipinski definition) is 2. The molecular weight excluding hydrogens is 226 g/mol. The monoisotopic (exact) mass is 251 g/mol. The topological polar surface area (TPSA) is 43.7 Å². The van der Waals surface area contributed by atoms with E-state index in [9.17, 15) is 10.2 Å². The van der Waals surface area contributed by atoms with Crippen molar-refractivity contribution in [1.29, 1.82) is 0 Å². The van der Waals surface area contributed by atoms with Crippen LogP contribution in [0.5, 0.6) is 0 Å². The molecule has 3 nitrogen and oxygen atoms in total. The minimum Gasteiger partial charge on any atom is -0.512 e. The lowest BCUT2D eigenvalue weighted by Crippen LogP contribution is -2.39. The van der Waals surface area contributed by atoms with E-state index < -0.39 is 0 Å². The lowest BCUT2D eigenvalue weighted by atomic mass is 9.99. The molecule has 2 unspecified atom stereocenters. The third kappa shape index (κ3) is 3.85. The first kappa shape index (κ1) is 13.6. The Morgan fingerprint density at radius 1 is 1.22 bits per heavy atom. The maximum absolute atomic E-state index is 10.2. The van der Waals surface area contributed by atoms with E-state index >= 15 is 0 Å². The standard InChI is InChI=1S/C15H25NO2/c17-14-8-4-1-3-7-13(14)9-10-15(18)16-11-5-2-6-12-16/h3,7-8,13,15,17-18H,1-2,4-6,9-12H2. The van der Waals surface area contributed by atoms with Gasteiger partial charge < -0.3 is 10.2 Å². The summed E-state index contributed by atoms with van der Waals surface area (Å²) < 4.78 is 0. The van der Waals surface area contributed by atoms with Crippen LogP contribution in [0, 0.1) is 5.92 Å². The second-order valence-electron chi connectivity index (χ2n) is 5.40. The summed E-state index contributed by atoms with van der Waals surface area (Å²) in [5.41, 5.74) is 0. The lowest BCUT2D eigenvalue weighted by Gasteiger charge is -2.31. The van der Waals surface area contributed by atoms with E-state index in [1.807, 2.05) is 6.08 Å². The van der Waals surface area contributed by atoms with Crippen molar-refractivity contribution in [2.45, 2.75) is 51.2 Å². The molecule has 3 heteroatoms. The summed E-state index contributed by atoms with van der Waals surface area (Å²) in [6.07, 6.45) is 13.0. The van der Waals surface area contributed by atoms with Gasteiger partial charge in [-0.3, -0.25) is 4.90 Å². The van der Waals surface area contributed by atoms with Gasteiger partial charge in [-0.05, 0) is 44.6 Å². The van der Waals surface area contributed by atoms with Gasteiger partial charge in [-0.2, -0.15) is 0 Å². The van der Waals surface area contributed by atoms with Crippen molar-refractivity contribution >= 4 is 0 Å². The van der Waals surface area contributed by atoms with Gasteiger partial charge in [-0.1, -0.05) is 18.6 Å². The predicted molar refractivity (Wildman–Crippen MR) is 73.2 cm³/mol. The largest absolute Gasteiger partial charge is 0.512 e. The summed E-state index contributed by atoms with van der Waals surface area (Å²) in [7, 11) is 0. The van der Waals surface area contributed by atoms with Crippen LogP contribution >= 0.6 is 0 Å². The maximum atomic E-state index is 10.2. The van der Waals surface area contributed by atoms with Crippen LogP contribution in [-0.2, 0) is 0 Å². The number of likely N-dealkylation sites (tertiary alicyclic amines) is 1. The van der Waals surface area contributed by atoms with Gasteiger partial charge in [0.1, 0.15) is 6.23 Å². The molecule has 0 amide bonds. The van der Waals surface area contributed by atoms with Crippen LogP contribution in [0.2, 0.25) is 0 Å². The molecule has 2 aliphatic rings. The third-order valence-corrected chi connectivity index (χ3v) is 3.98. The molecule has 102 valence electrons. The molecule has 1 aliphatic carbocycles. The number of aliphatic hydroxyl groups excluding tert-OH is 2. The second kappa shape index (κ2) is 6.95. The average Bonchev–Trinajstić information content (AvgIpc) is 2.62. The van der Waals surface area contributed by atoms with Gasteiger partial charge in [-0.25, -0.2) is 0 Å². The van der Waals surface area contributed by atoms with Gasteiger partial charge in [0.05, 0.1) is 5.76 Å². The first-order valence-corrected chi connectivity index (χ1v) is 7.25. The molecule has 0 aromatic heterocycles. The zero-order chi connectivity index (χ0) is 12.8. The molecule has 1 heterocycles. The maximum Gasteiger partial charge on any atom is 0.107 e. The van der Waals surface area contributed by atoms with Crippen LogP contribution in [0.4, 0.5) is 0 Å². The quantitative estimate of drug-likeness (QED) is 0.755. The first-order valence-electron chi connectivity index (χ1n) is 7.25. The summed E-state index contributed by atoms with van der Waals surface area (Å²) in [5, 5.41) is 20.0. The highest BCUT2D eigenvalue weighted by Crippen LogP contribution is 2.23. The van der Waals surface area contributed by atoms with Crippen molar-refractivity contribution in [1.82, 2.24) is 4.90 Å². The number of hydrogen-bond acceptors (Lipinski definition) is 3. The Balaban J connectivity index is 1.79. The zero-order valence-electron chi connectivity index (χ0n) is 11.1. The minimum absolute atomic E-state index is 0.104. The summed E-state index contributed by atoms with van der Waals surface area (Å²) >= 11 is 0. The first-order chi connectivity index (χ1) is 8.77. The van der Waals surface area contributed by atoms with E-state index in [1.54, 1.807) is 0 Å². The number of aliphatic hydroxyl groups is 2. The van der Waals surface area contributed by atoms with Gasteiger partial charge >= 0.3 is 0 Å². The van der Waals surface area contributed by atoms with Gasteiger partial charge in [0.15, 0.2) is 0 Å². The minimum atomic E-state index is -0.338. The summed E-state index contributed by atoms with van der Waals surface area (Å²) in [6.45, 7) is 2.03. The van der Waals surface area contributed by atoms with Crippen molar-refractivity contribution in [3.8, 4) is 0 Å². The third-order valence-electron chi connectivity index (χ3n) is 3.98. The molecule has 2 atom stereocenters. The lowest BCUT2D eigenvalue weighted by molar-refractivity contribution is -0.0161. The van der Waals surface area contributed by atoms with Gasteiger partial charge in [-0.15, -0.1) is 0 Å². The van der Waals surface area contributed by atoms with Crippen molar-refractivity contribution in [3.63, 3.8) is 0 Å². The van der Waals surface area contributed by atoms with E-state index in [4.69, 9.17) is 0 Å². The fraction of sp³-hybridized carbons (Fsp3) is 0.733. The number of rotatable bonds is 4. The highest BCUT2D eigenvalue weighted by Gasteiger charge is 2.20. The van der Waals surface area contributed by atoms with Crippen LogP contribution in [0.3, 0.4) is 0 Å². The van der Waals surface area contributed by atoms with Gasteiger partial charge in [0.2, 0.25) is 0 Å². The molecule has 1 saturated heterocycles. The molecule has 2 rings (SSSR count). The highest BCUT2D eigenvalue weighted by atomic mass is 16.3. The number of allylic oxidation sites excluding steroid dienone is 3. The number of nitrogens with zero attached hydrogens (tertiary/aromatic N) is 1. The Hall–Kier alpha value is -0.800. The van der Waals surface area contributed by atoms with Crippen LogP contribution in [0.25, 0.3) is 0 Å². The Morgan fingerprint density at radius 2 is 2.00 bits per heavy atom. The average molecular weight is 251 g/mol.